The number of hydrogen-bond donors (Lipinski definition) is 0. The maximum absolute atomic E-state index is 12.9. The molecule has 1 nitrogen and oxygen atoms in total. The highest BCUT2D eigenvalue weighted by atomic mass is 19.4. The molecule has 0 spiro atoms. The first-order valence-electron chi connectivity index (χ1n) is 4.74. The monoisotopic (exact) mass is 270 g/mol. The number of halogens is 6. The van der Waals surface area contributed by atoms with E-state index in [1.54, 1.807) is 0 Å². The van der Waals surface area contributed by atoms with Gasteiger partial charge in [-0.15, -0.1) is 0 Å². The Labute approximate surface area is 98.4 Å². The summed E-state index contributed by atoms with van der Waals surface area (Å²) in [6, 6.07) is 1.46. The second kappa shape index (κ2) is 4.29. The largest absolute Gasteiger partial charge is 0.461 e. The van der Waals surface area contributed by atoms with Crippen molar-refractivity contribution in [3.63, 3.8) is 0 Å². The number of Topliss-reactive ketones (excluding diaryl/α,β-unsaturated/α-hetero) is 1. The second-order valence-electron chi connectivity index (χ2n) is 3.82. The van der Waals surface area contributed by atoms with Gasteiger partial charge in [-0.25, -0.2) is 4.39 Å². The van der Waals surface area contributed by atoms with E-state index < -0.39 is 29.3 Å². The minimum absolute atomic E-state index is 0.263. The molecule has 1 aromatic carbocycles. The van der Waals surface area contributed by atoms with Crippen LogP contribution in [0.3, 0.4) is 0 Å². The Hall–Kier alpha value is -1.53. The molecule has 0 aromatic heterocycles. The molecule has 100 valence electrons. The zero-order valence-electron chi connectivity index (χ0n) is 9.33. The highest BCUT2D eigenvalue weighted by Crippen LogP contribution is 2.39. The van der Waals surface area contributed by atoms with Gasteiger partial charge in [-0.3, -0.25) is 4.79 Å². The van der Waals surface area contributed by atoms with Gasteiger partial charge in [-0.2, -0.15) is 22.0 Å². The summed E-state index contributed by atoms with van der Waals surface area (Å²) in [6.45, 7) is 2.19. The number of aryl methyl sites for hydroxylation is 2. The van der Waals surface area contributed by atoms with Gasteiger partial charge in [0.15, 0.2) is 0 Å². The molecule has 0 bridgehead atoms. The predicted octanol–water partition coefficient (Wildman–Crippen LogP) is 3.82. The van der Waals surface area contributed by atoms with Crippen molar-refractivity contribution in [1.82, 2.24) is 0 Å². The third-order valence-electron chi connectivity index (χ3n) is 2.37. The van der Waals surface area contributed by atoms with E-state index in [9.17, 15) is 31.1 Å². The molecule has 0 aliphatic heterocycles. The molecule has 0 heterocycles. The van der Waals surface area contributed by atoms with E-state index in [2.05, 4.69) is 0 Å². The third kappa shape index (κ3) is 2.34. The van der Waals surface area contributed by atoms with Gasteiger partial charge in [0.05, 0.1) is 0 Å². The summed E-state index contributed by atoms with van der Waals surface area (Å²) in [4.78, 5) is 11.3. The third-order valence-corrected chi connectivity index (χ3v) is 2.37. The fraction of sp³-hybridized carbons (Fsp3) is 0.364. The molecule has 1 aromatic rings. The van der Waals surface area contributed by atoms with Crippen LogP contribution in [0.15, 0.2) is 12.1 Å². The lowest BCUT2D eigenvalue weighted by atomic mass is 9.95. The molecule has 0 radical (unpaired) electrons. The van der Waals surface area contributed by atoms with Crippen LogP contribution in [0.1, 0.15) is 21.5 Å². The van der Waals surface area contributed by atoms with Gasteiger partial charge in [0.2, 0.25) is 5.78 Å². The van der Waals surface area contributed by atoms with Gasteiger partial charge in [-0.05, 0) is 37.1 Å². The molecule has 0 aliphatic carbocycles. The number of ketones is 1. The highest BCUT2D eigenvalue weighted by Gasteiger charge is 2.63. The molecular weight excluding hydrogens is 262 g/mol. The Morgan fingerprint density at radius 2 is 1.39 bits per heavy atom. The molecular formula is C11H8F6O. The smallest absolute Gasteiger partial charge is 0.287 e. The standard InChI is InChI=1S/C11H8F6O/c1-5-3-7(12)4-6(2)8(5)9(18)10(13,14)11(15,16)17/h3-4H,1-2H3. The number of benzene rings is 1. The predicted molar refractivity (Wildman–Crippen MR) is 51.2 cm³/mol. The molecule has 18 heavy (non-hydrogen) atoms. The first-order chi connectivity index (χ1) is 7.98. The van der Waals surface area contributed by atoms with Crippen molar-refractivity contribution in [2.24, 2.45) is 0 Å². The zero-order chi connectivity index (χ0) is 14.3. The van der Waals surface area contributed by atoms with Gasteiger partial charge >= 0.3 is 12.1 Å². The summed E-state index contributed by atoms with van der Waals surface area (Å²) in [7, 11) is 0. The Morgan fingerprint density at radius 1 is 1.00 bits per heavy atom. The Morgan fingerprint density at radius 3 is 1.72 bits per heavy atom. The average molecular weight is 270 g/mol. The van der Waals surface area contributed by atoms with Gasteiger partial charge < -0.3 is 0 Å². The number of alkyl halides is 5. The van der Waals surface area contributed by atoms with Crippen LogP contribution in [-0.4, -0.2) is 17.9 Å². The van der Waals surface area contributed by atoms with Crippen molar-refractivity contribution in [2.75, 3.05) is 0 Å². The van der Waals surface area contributed by atoms with Gasteiger partial charge in [-0.1, -0.05) is 0 Å². The summed E-state index contributed by atoms with van der Waals surface area (Å²) >= 11 is 0. The number of carbonyl (C=O) groups excluding carboxylic acids is 1. The topological polar surface area (TPSA) is 17.1 Å². The van der Waals surface area contributed by atoms with Crippen LogP contribution >= 0.6 is 0 Å². The maximum Gasteiger partial charge on any atom is 0.461 e. The zero-order valence-corrected chi connectivity index (χ0v) is 9.33. The minimum atomic E-state index is -5.97. The molecule has 1 rings (SSSR count). The van der Waals surface area contributed by atoms with Crippen LogP contribution in [0.2, 0.25) is 0 Å². The van der Waals surface area contributed by atoms with E-state index in [4.69, 9.17) is 0 Å². The lowest BCUT2D eigenvalue weighted by molar-refractivity contribution is -0.255. The van der Waals surface area contributed by atoms with Crippen LogP contribution in [0.25, 0.3) is 0 Å². The second-order valence-corrected chi connectivity index (χ2v) is 3.82. The number of rotatable bonds is 2. The van der Waals surface area contributed by atoms with E-state index in [-0.39, 0.29) is 11.1 Å². The lowest BCUT2D eigenvalue weighted by Gasteiger charge is -2.20. The Bertz CT molecular complexity index is 466. The molecule has 0 atom stereocenters. The minimum Gasteiger partial charge on any atom is -0.287 e. The number of carbonyl (C=O) groups is 1. The number of hydrogen-bond acceptors (Lipinski definition) is 1. The Kier molecular flexibility index (Phi) is 3.47. The lowest BCUT2D eigenvalue weighted by Crippen LogP contribution is -2.44. The summed E-state index contributed by atoms with van der Waals surface area (Å²) in [5, 5.41) is 0. The van der Waals surface area contributed by atoms with E-state index in [0.717, 1.165) is 26.0 Å². The fourth-order valence-electron chi connectivity index (χ4n) is 1.55. The molecule has 0 amide bonds. The maximum atomic E-state index is 12.9. The van der Waals surface area contributed by atoms with Gasteiger partial charge in [0, 0.05) is 5.56 Å². The average Bonchev–Trinajstić information content (AvgIpc) is 2.13. The summed E-state index contributed by atoms with van der Waals surface area (Å²) < 4.78 is 74.9. The van der Waals surface area contributed by atoms with Crippen molar-refractivity contribution in [2.45, 2.75) is 25.9 Å². The van der Waals surface area contributed by atoms with Crippen LogP contribution in [0, 0.1) is 19.7 Å². The first-order valence-corrected chi connectivity index (χ1v) is 4.74. The molecule has 7 heteroatoms. The van der Waals surface area contributed by atoms with E-state index in [0.29, 0.717) is 0 Å². The van der Waals surface area contributed by atoms with Crippen LogP contribution < -0.4 is 0 Å². The summed E-state index contributed by atoms with van der Waals surface area (Å²) in [5.74, 6) is -8.66. The van der Waals surface area contributed by atoms with Crippen molar-refractivity contribution in [1.29, 1.82) is 0 Å². The van der Waals surface area contributed by atoms with Crippen LogP contribution in [0.5, 0.6) is 0 Å². The summed E-state index contributed by atoms with van der Waals surface area (Å²) in [6.07, 6.45) is -5.97. The van der Waals surface area contributed by atoms with Crippen molar-refractivity contribution >= 4 is 5.78 Å². The molecule has 0 aliphatic rings. The van der Waals surface area contributed by atoms with Crippen molar-refractivity contribution in [3.8, 4) is 0 Å². The first kappa shape index (κ1) is 14.5. The van der Waals surface area contributed by atoms with Crippen LogP contribution in [-0.2, 0) is 0 Å². The normalized spacial score (nSPS) is 12.7. The van der Waals surface area contributed by atoms with Gasteiger partial charge in [0.1, 0.15) is 5.82 Å². The molecule has 0 unspecified atom stereocenters. The SMILES string of the molecule is Cc1cc(F)cc(C)c1C(=O)C(F)(F)C(F)(F)F. The quantitative estimate of drug-likeness (QED) is 0.589. The fourth-order valence-corrected chi connectivity index (χ4v) is 1.55. The van der Waals surface area contributed by atoms with Crippen molar-refractivity contribution < 1.29 is 31.1 Å². The highest BCUT2D eigenvalue weighted by molar-refractivity contribution is 6.04. The van der Waals surface area contributed by atoms with E-state index in [1.807, 2.05) is 0 Å². The van der Waals surface area contributed by atoms with E-state index in [1.165, 1.54) is 0 Å². The molecule has 0 saturated heterocycles. The summed E-state index contributed by atoms with van der Waals surface area (Å²) in [5.41, 5.74) is -1.33. The molecule has 0 N–H and O–H groups in total. The van der Waals surface area contributed by atoms with E-state index >= 15 is 0 Å². The molecule has 0 fully saturated rings. The molecule has 0 saturated carbocycles. The van der Waals surface area contributed by atoms with Gasteiger partial charge in [0.25, 0.3) is 0 Å². The van der Waals surface area contributed by atoms with Crippen LogP contribution in [0.4, 0.5) is 26.3 Å². The van der Waals surface area contributed by atoms with Crippen molar-refractivity contribution in [3.05, 3.63) is 34.6 Å². The Balaban J connectivity index is 3.37.